The number of nitrogens with zero attached hydrogens (tertiary/aromatic N) is 2. The summed E-state index contributed by atoms with van der Waals surface area (Å²) in [4.78, 5) is 4.41. The molecule has 14 rings (SSSR count). The van der Waals surface area contributed by atoms with Gasteiger partial charge in [0.1, 0.15) is 0 Å². The zero-order valence-corrected chi connectivity index (χ0v) is 45.7. The molecular weight excluding hydrogens is 1050 g/mol. The van der Waals surface area contributed by atoms with Crippen LogP contribution in [0.2, 0.25) is 0 Å². The second kappa shape index (κ2) is 18.2. The van der Waals surface area contributed by atoms with E-state index >= 15 is 0 Å². The summed E-state index contributed by atoms with van der Waals surface area (Å²) in [6.07, 6.45) is -7.40. The van der Waals surface area contributed by atoms with Gasteiger partial charge in [-0.1, -0.05) is 161 Å². The van der Waals surface area contributed by atoms with Crippen LogP contribution < -0.4 is 9.80 Å². The fraction of sp³-hybridized carbons (Fsp3) is 0.143. The minimum Gasteiger partial charge on any atom is -0.309 e. The van der Waals surface area contributed by atoms with Crippen LogP contribution in [0.4, 0.5) is 60.5 Å². The van der Waals surface area contributed by atoms with Gasteiger partial charge in [-0.05, 0) is 141 Å². The molecule has 0 unspecified atom stereocenters. The Morgan fingerprint density at radius 3 is 1.09 bits per heavy atom. The highest BCUT2D eigenvalue weighted by molar-refractivity contribution is 7.27. The van der Waals surface area contributed by atoms with Crippen molar-refractivity contribution in [3.63, 3.8) is 0 Å². The van der Waals surface area contributed by atoms with Crippen LogP contribution in [0.1, 0.15) is 83.3 Å². The molecular formula is C70H50F6N2S2. The zero-order chi connectivity index (χ0) is 55.0. The molecule has 0 fully saturated rings. The van der Waals surface area contributed by atoms with Crippen LogP contribution in [0.25, 0.3) is 51.5 Å². The highest BCUT2D eigenvalue weighted by Crippen LogP contribution is 2.64. The van der Waals surface area contributed by atoms with E-state index in [-0.39, 0.29) is 9.40 Å². The lowest BCUT2D eigenvalue weighted by Crippen LogP contribution is -2.40. The number of halogens is 6. The molecule has 2 aliphatic carbocycles. The van der Waals surface area contributed by atoms with Gasteiger partial charge in [-0.2, -0.15) is 26.3 Å². The second-order valence-electron chi connectivity index (χ2n) is 21.5. The SMILES string of the molecule is CCc1ccc(N(c2ccc3c(c2)C2(c4cc(N(c5ccc(CC)cc5)c5cccc6c5sc5c(C(F)(F)F)cccc56)ccc4-3)c3ccccc3C(C)(C)c3ccccc32)c2cccc3c2sc2c(C(F)(F)F)cccc23)cc1. The molecule has 0 aliphatic heterocycles. The van der Waals surface area contributed by atoms with E-state index in [2.05, 4.69) is 171 Å². The van der Waals surface area contributed by atoms with E-state index in [1.165, 1.54) is 58.1 Å². The summed E-state index contributed by atoms with van der Waals surface area (Å²) >= 11 is 2.35. The fourth-order valence-electron chi connectivity index (χ4n) is 13.2. The number of anilines is 6. The maximum absolute atomic E-state index is 14.8. The van der Waals surface area contributed by atoms with Crippen LogP contribution in [-0.4, -0.2) is 0 Å². The molecule has 0 saturated heterocycles. The molecule has 1 spiro atoms. The molecule has 0 atom stereocenters. The third-order valence-corrected chi connectivity index (χ3v) is 19.5. The first-order valence-electron chi connectivity index (χ1n) is 26.9. The van der Waals surface area contributed by atoms with Crippen molar-refractivity contribution in [2.45, 2.75) is 63.7 Å². The standard InChI is InChI=1S/C70H50F6N2S2/c1-5-41-27-31-43(32-28-41)77(61-25-13-17-51-49-15-11-23-57(69(71,72)73)63(49)79-65(51)61)45-35-37-47-48-38-36-46(40-60(48)68(59(47)39-45)55-21-9-7-19-53(55)67(3,4)54-20-8-10-22-56(54)68)78(44-33-29-42(6-2)30-34-44)62-26-14-18-52-50-16-12-24-58(70(74,75)76)64(50)80-66(52)62/h7-40H,5-6H2,1-4H3. The molecule has 0 radical (unpaired) electrons. The quantitative estimate of drug-likeness (QED) is 0.140. The van der Waals surface area contributed by atoms with Gasteiger partial charge < -0.3 is 9.80 Å². The van der Waals surface area contributed by atoms with Crippen LogP contribution in [0.15, 0.2) is 206 Å². The monoisotopic (exact) mass is 1100 g/mol. The number of rotatable bonds is 8. The Labute approximate surface area is 467 Å². The van der Waals surface area contributed by atoms with Gasteiger partial charge in [0.25, 0.3) is 0 Å². The molecule has 80 heavy (non-hydrogen) atoms. The van der Waals surface area contributed by atoms with Crippen molar-refractivity contribution >= 4 is 97.1 Å². The van der Waals surface area contributed by atoms with Crippen molar-refractivity contribution in [1.29, 1.82) is 0 Å². The van der Waals surface area contributed by atoms with Crippen LogP contribution >= 0.6 is 22.7 Å². The van der Waals surface area contributed by atoms with Crippen molar-refractivity contribution in [3.05, 3.63) is 262 Å². The van der Waals surface area contributed by atoms with Gasteiger partial charge >= 0.3 is 12.4 Å². The Morgan fingerprint density at radius 1 is 0.362 bits per heavy atom. The number of benzene rings is 10. The molecule has 12 aromatic rings. The predicted octanol–water partition coefficient (Wildman–Crippen LogP) is 21.5. The minimum absolute atomic E-state index is 0.200. The van der Waals surface area contributed by atoms with Crippen LogP contribution in [0, 0.1) is 0 Å². The van der Waals surface area contributed by atoms with Crippen LogP contribution in [0.5, 0.6) is 0 Å². The second-order valence-corrected chi connectivity index (χ2v) is 23.5. The number of thiophene rings is 2. The van der Waals surface area contributed by atoms with E-state index in [1.54, 1.807) is 12.1 Å². The largest absolute Gasteiger partial charge is 0.417 e. The van der Waals surface area contributed by atoms with Crippen molar-refractivity contribution in [2.75, 3.05) is 9.80 Å². The summed E-state index contributed by atoms with van der Waals surface area (Å²) in [7, 11) is 0. The molecule has 0 amide bonds. The highest BCUT2D eigenvalue weighted by atomic mass is 32.1. The maximum atomic E-state index is 14.8. The molecule has 2 aliphatic rings. The van der Waals surface area contributed by atoms with Crippen molar-refractivity contribution in [3.8, 4) is 11.1 Å². The average Bonchev–Trinajstić information content (AvgIpc) is 4.28. The van der Waals surface area contributed by atoms with Crippen molar-refractivity contribution in [1.82, 2.24) is 0 Å². The molecule has 2 nitrogen and oxygen atoms in total. The molecule has 10 aromatic carbocycles. The van der Waals surface area contributed by atoms with E-state index in [4.69, 9.17) is 0 Å². The molecule has 394 valence electrons. The number of aryl methyl sites for hydroxylation is 2. The Bertz CT molecular complexity index is 4180. The van der Waals surface area contributed by atoms with Gasteiger partial charge in [0.2, 0.25) is 0 Å². The summed E-state index contributed by atoms with van der Waals surface area (Å²) < 4.78 is 90.4. The van der Waals surface area contributed by atoms with Gasteiger partial charge in [-0.15, -0.1) is 22.7 Å². The Morgan fingerprint density at radius 2 is 0.713 bits per heavy atom. The Balaban J connectivity index is 1.05. The number of hydrogen-bond acceptors (Lipinski definition) is 4. The predicted molar refractivity (Wildman–Crippen MR) is 320 cm³/mol. The summed E-state index contributed by atoms with van der Waals surface area (Å²) in [6, 6.07) is 68.3. The third-order valence-electron chi connectivity index (χ3n) is 16.9. The van der Waals surface area contributed by atoms with Crippen LogP contribution in [-0.2, 0) is 36.0 Å². The molecule has 0 N–H and O–H groups in total. The van der Waals surface area contributed by atoms with E-state index < -0.39 is 34.3 Å². The van der Waals surface area contributed by atoms with Crippen molar-refractivity contribution < 1.29 is 26.3 Å². The summed E-state index contributed by atoms with van der Waals surface area (Å²) in [6.45, 7) is 8.81. The summed E-state index contributed by atoms with van der Waals surface area (Å²) in [5.41, 5.74) is 13.5. The third kappa shape index (κ3) is 7.37. The summed E-state index contributed by atoms with van der Waals surface area (Å²) in [5, 5.41) is 2.62. The van der Waals surface area contributed by atoms with Crippen molar-refractivity contribution in [2.24, 2.45) is 0 Å². The minimum atomic E-state index is -4.54. The maximum Gasteiger partial charge on any atom is 0.417 e. The van der Waals surface area contributed by atoms with E-state index in [0.717, 1.165) is 112 Å². The lowest BCUT2D eigenvalue weighted by atomic mass is 9.55. The Hall–Kier alpha value is -8.18. The molecule has 0 bridgehead atoms. The van der Waals surface area contributed by atoms with Gasteiger partial charge in [0.05, 0.1) is 37.3 Å². The lowest BCUT2D eigenvalue weighted by molar-refractivity contribution is -0.137. The highest BCUT2D eigenvalue weighted by Gasteiger charge is 2.54. The normalized spacial score (nSPS) is 14.2. The van der Waals surface area contributed by atoms with Gasteiger partial charge in [0.15, 0.2) is 0 Å². The van der Waals surface area contributed by atoms with Crippen LogP contribution in [0.3, 0.4) is 0 Å². The van der Waals surface area contributed by atoms with E-state index in [0.29, 0.717) is 10.8 Å². The number of fused-ring (bicyclic) bond motifs is 15. The van der Waals surface area contributed by atoms with E-state index in [9.17, 15) is 26.3 Å². The van der Waals surface area contributed by atoms with Gasteiger partial charge in [0, 0.05) is 59.1 Å². The fourth-order valence-corrected chi connectivity index (χ4v) is 15.9. The summed E-state index contributed by atoms with van der Waals surface area (Å²) in [5.74, 6) is 0. The molecule has 2 heterocycles. The zero-order valence-electron chi connectivity index (χ0n) is 44.0. The van der Waals surface area contributed by atoms with Gasteiger partial charge in [-0.3, -0.25) is 0 Å². The average molecular weight is 1100 g/mol. The number of hydrogen-bond donors (Lipinski definition) is 0. The Kier molecular flexibility index (Phi) is 11.4. The molecule has 2 aromatic heterocycles. The first-order chi connectivity index (χ1) is 38.6. The first-order valence-corrected chi connectivity index (χ1v) is 28.5. The topological polar surface area (TPSA) is 6.48 Å². The number of alkyl halides is 6. The smallest absolute Gasteiger partial charge is 0.309 e. The lowest BCUT2D eigenvalue weighted by Gasteiger charge is -2.47. The molecule has 10 heteroatoms. The van der Waals surface area contributed by atoms with E-state index in [1.807, 2.05) is 36.4 Å². The van der Waals surface area contributed by atoms with Gasteiger partial charge in [-0.25, -0.2) is 0 Å². The first kappa shape index (κ1) is 50.1. The molecule has 0 saturated carbocycles.